The molecule has 0 aliphatic heterocycles. The minimum atomic E-state index is -0.637. The maximum absolute atomic E-state index is 13.3. The second-order valence-corrected chi connectivity index (χ2v) is 8.77. The van der Waals surface area contributed by atoms with Gasteiger partial charge in [-0.2, -0.15) is 0 Å². The fourth-order valence-electron chi connectivity index (χ4n) is 3.16. The van der Waals surface area contributed by atoms with E-state index in [1.54, 1.807) is 55.5 Å². The van der Waals surface area contributed by atoms with Crippen LogP contribution in [0.1, 0.15) is 6.92 Å². The number of benzene rings is 3. The number of thioether (sulfide) groups is 1. The summed E-state index contributed by atoms with van der Waals surface area (Å²) in [7, 11) is 0. The standard InChI is InChI=1S/C23H17ClN4O4S/c1-14(21(29)25-15-10-12-16(13-11-15)28(31)32)33-23-26-19-8-4-2-6-17(19)22(30)27(23)20-9-5-3-7-18(20)24/h2-14H,1H3,(H,25,29). The Morgan fingerprint density at radius 1 is 1.09 bits per heavy atom. The first kappa shape index (κ1) is 22.5. The van der Waals surface area contributed by atoms with Crippen LogP contribution in [0, 0.1) is 10.1 Å². The van der Waals surface area contributed by atoms with Crippen molar-refractivity contribution in [3.8, 4) is 5.69 Å². The Balaban J connectivity index is 1.68. The molecule has 0 aliphatic carbocycles. The molecule has 0 radical (unpaired) electrons. The first-order valence-corrected chi connectivity index (χ1v) is 11.1. The number of nitro benzene ring substituents is 1. The van der Waals surface area contributed by atoms with Crippen LogP contribution in [0.15, 0.2) is 82.7 Å². The van der Waals surface area contributed by atoms with E-state index in [2.05, 4.69) is 10.3 Å². The summed E-state index contributed by atoms with van der Waals surface area (Å²) in [4.78, 5) is 41.0. The lowest BCUT2D eigenvalue weighted by Crippen LogP contribution is -2.26. The lowest BCUT2D eigenvalue weighted by Gasteiger charge is -2.17. The highest BCUT2D eigenvalue weighted by molar-refractivity contribution is 8.00. The van der Waals surface area contributed by atoms with Crippen LogP contribution >= 0.6 is 23.4 Å². The smallest absolute Gasteiger partial charge is 0.269 e. The third-order valence-corrected chi connectivity index (χ3v) is 6.21. The zero-order valence-electron chi connectivity index (χ0n) is 17.3. The Morgan fingerprint density at radius 2 is 1.76 bits per heavy atom. The molecule has 1 unspecified atom stereocenters. The number of para-hydroxylation sites is 2. The predicted molar refractivity (Wildman–Crippen MR) is 129 cm³/mol. The van der Waals surface area contributed by atoms with Gasteiger partial charge in [-0.1, -0.05) is 47.6 Å². The summed E-state index contributed by atoms with van der Waals surface area (Å²) in [6.07, 6.45) is 0. The normalized spacial score (nSPS) is 11.8. The van der Waals surface area contributed by atoms with Crippen LogP contribution in [-0.4, -0.2) is 25.6 Å². The van der Waals surface area contributed by atoms with E-state index in [1.165, 1.54) is 28.8 Å². The number of aromatic nitrogens is 2. The third-order valence-electron chi connectivity index (χ3n) is 4.84. The topological polar surface area (TPSA) is 107 Å². The Kier molecular flexibility index (Phi) is 6.43. The number of halogens is 1. The maximum Gasteiger partial charge on any atom is 0.269 e. The van der Waals surface area contributed by atoms with E-state index < -0.39 is 10.2 Å². The van der Waals surface area contributed by atoms with Crippen molar-refractivity contribution in [3.63, 3.8) is 0 Å². The SMILES string of the molecule is CC(Sc1nc2ccccc2c(=O)n1-c1ccccc1Cl)C(=O)Nc1ccc([N+](=O)[O-])cc1. The monoisotopic (exact) mass is 480 g/mol. The van der Waals surface area contributed by atoms with E-state index in [0.717, 1.165) is 11.8 Å². The van der Waals surface area contributed by atoms with Gasteiger partial charge in [-0.05, 0) is 43.3 Å². The van der Waals surface area contributed by atoms with Crippen LogP contribution in [0.4, 0.5) is 11.4 Å². The molecule has 1 aromatic heterocycles. The highest BCUT2D eigenvalue weighted by Crippen LogP contribution is 2.28. The summed E-state index contributed by atoms with van der Waals surface area (Å²) in [6, 6.07) is 19.4. The summed E-state index contributed by atoms with van der Waals surface area (Å²) >= 11 is 7.48. The fourth-order valence-corrected chi connectivity index (χ4v) is 4.30. The fraction of sp³-hybridized carbons (Fsp3) is 0.0870. The second kappa shape index (κ2) is 9.43. The van der Waals surface area contributed by atoms with E-state index in [4.69, 9.17) is 11.6 Å². The predicted octanol–water partition coefficient (Wildman–Crippen LogP) is 5.07. The Bertz CT molecular complexity index is 1420. The van der Waals surface area contributed by atoms with Gasteiger partial charge < -0.3 is 5.32 Å². The molecule has 10 heteroatoms. The van der Waals surface area contributed by atoms with Gasteiger partial charge in [-0.3, -0.25) is 24.3 Å². The highest BCUT2D eigenvalue weighted by Gasteiger charge is 2.21. The number of hydrogen-bond donors (Lipinski definition) is 1. The molecular formula is C23H17ClN4O4S. The lowest BCUT2D eigenvalue weighted by atomic mass is 10.2. The molecule has 8 nitrogen and oxygen atoms in total. The molecule has 1 N–H and O–H groups in total. The van der Waals surface area contributed by atoms with E-state index >= 15 is 0 Å². The molecule has 1 heterocycles. The Morgan fingerprint density at radius 3 is 2.45 bits per heavy atom. The number of non-ortho nitro benzene ring substituents is 1. The van der Waals surface area contributed by atoms with Crippen molar-refractivity contribution in [1.29, 1.82) is 0 Å². The van der Waals surface area contributed by atoms with Gasteiger partial charge in [0, 0.05) is 17.8 Å². The van der Waals surface area contributed by atoms with Crippen molar-refractivity contribution < 1.29 is 9.72 Å². The van der Waals surface area contributed by atoms with Gasteiger partial charge in [0.1, 0.15) is 0 Å². The van der Waals surface area contributed by atoms with Gasteiger partial charge in [0.25, 0.3) is 11.2 Å². The van der Waals surface area contributed by atoms with Gasteiger partial charge >= 0.3 is 0 Å². The Hall–Kier alpha value is -3.69. The van der Waals surface area contributed by atoms with Gasteiger partial charge in [0.2, 0.25) is 5.91 Å². The van der Waals surface area contributed by atoms with E-state index in [9.17, 15) is 19.7 Å². The second-order valence-electron chi connectivity index (χ2n) is 7.06. The maximum atomic E-state index is 13.3. The van der Waals surface area contributed by atoms with Crippen molar-refractivity contribution in [2.75, 3.05) is 5.32 Å². The molecule has 0 aliphatic rings. The van der Waals surface area contributed by atoms with Gasteiger partial charge in [0.05, 0.1) is 31.8 Å². The van der Waals surface area contributed by atoms with Crippen LogP contribution in [0.25, 0.3) is 16.6 Å². The lowest BCUT2D eigenvalue weighted by molar-refractivity contribution is -0.384. The summed E-state index contributed by atoms with van der Waals surface area (Å²) in [5, 5.41) is 14.0. The molecule has 33 heavy (non-hydrogen) atoms. The molecule has 0 saturated heterocycles. The zero-order valence-corrected chi connectivity index (χ0v) is 18.8. The first-order valence-electron chi connectivity index (χ1n) is 9.84. The minimum absolute atomic E-state index is 0.0699. The summed E-state index contributed by atoms with van der Waals surface area (Å²) in [5.41, 5.74) is 1.04. The number of carbonyl (C=O) groups is 1. The van der Waals surface area contributed by atoms with E-state index in [0.29, 0.717) is 32.5 Å². The number of hydrogen-bond acceptors (Lipinski definition) is 6. The molecule has 0 saturated carbocycles. The molecule has 4 aromatic rings. The number of anilines is 1. The number of amides is 1. The van der Waals surface area contributed by atoms with Crippen LogP contribution in [0.5, 0.6) is 0 Å². The summed E-state index contributed by atoms with van der Waals surface area (Å²) < 4.78 is 1.41. The van der Waals surface area contributed by atoms with Crippen molar-refractivity contribution in [1.82, 2.24) is 9.55 Å². The average Bonchev–Trinajstić information content (AvgIpc) is 2.80. The van der Waals surface area contributed by atoms with Gasteiger partial charge in [0.15, 0.2) is 5.16 Å². The quantitative estimate of drug-likeness (QED) is 0.179. The van der Waals surface area contributed by atoms with E-state index in [1.807, 2.05) is 0 Å². The molecule has 1 amide bonds. The summed E-state index contributed by atoms with van der Waals surface area (Å²) in [5.74, 6) is -0.345. The zero-order chi connectivity index (χ0) is 23.5. The van der Waals surface area contributed by atoms with E-state index in [-0.39, 0.29) is 17.2 Å². The first-order chi connectivity index (χ1) is 15.8. The molecule has 0 fully saturated rings. The molecular weight excluding hydrogens is 464 g/mol. The van der Waals surface area contributed by atoms with Crippen molar-refractivity contribution in [3.05, 3.63) is 98.3 Å². The number of nitrogens with one attached hydrogen (secondary N) is 1. The number of fused-ring (bicyclic) bond motifs is 1. The summed E-state index contributed by atoms with van der Waals surface area (Å²) in [6.45, 7) is 1.68. The van der Waals surface area contributed by atoms with Crippen LogP contribution in [0.2, 0.25) is 5.02 Å². The average molecular weight is 481 g/mol. The molecule has 166 valence electrons. The van der Waals surface area contributed by atoms with Gasteiger partial charge in [-0.25, -0.2) is 4.98 Å². The highest BCUT2D eigenvalue weighted by atomic mass is 35.5. The molecule has 0 bridgehead atoms. The molecule has 1 atom stereocenters. The molecule has 3 aromatic carbocycles. The number of nitro groups is 1. The minimum Gasteiger partial charge on any atom is -0.325 e. The van der Waals surface area contributed by atoms with Crippen molar-refractivity contribution >= 4 is 51.5 Å². The third kappa shape index (κ3) is 4.74. The van der Waals surface area contributed by atoms with Crippen LogP contribution in [0.3, 0.4) is 0 Å². The molecule has 4 rings (SSSR count). The number of rotatable bonds is 6. The van der Waals surface area contributed by atoms with Crippen molar-refractivity contribution in [2.45, 2.75) is 17.3 Å². The van der Waals surface area contributed by atoms with Crippen molar-refractivity contribution in [2.24, 2.45) is 0 Å². The van der Waals surface area contributed by atoms with Crippen LogP contribution < -0.4 is 10.9 Å². The number of nitrogens with zero attached hydrogens (tertiary/aromatic N) is 3. The molecule has 0 spiro atoms. The Labute approximate surface area is 197 Å². The number of carbonyl (C=O) groups excluding carboxylic acids is 1. The largest absolute Gasteiger partial charge is 0.325 e. The van der Waals surface area contributed by atoms with Crippen LogP contribution in [-0.2, 0) is 4.79 Å². The van der Waals surface area contributed by atoms with Gasteiger partial charge in [-0.15, -0.1) is 0 Å².